The number of piperidine rings is 1. The van der Waals surface area contributed by atoms with Gasteiger partial charge in [-0.15, -0.1) is 0 Å². The Morgan fingerprint density at radius 2 is 1.74 bits per heavy atom. The Bertz CT molecular complexity index is 512. The Balaban J connectivity index is 1.94. The van der Waals surface area contributed by atoms with Crippen molar-refractivity contribution in [3.05, 3.63) is 35.4 Å². The number of benzene rings is 1. The summed E-state index contributed by atoms with van der Waals surface area (Å²) in [5.41, 5.74) is 0.344. The average Bonchev–Trinajstić information content (AvgIpc) is 2.46. The summed E-state index contributed by atoms with van der Waals surface area (Å²) in [5.74, 6) is 0. The Labute approximate surface area is 137 Å². The Morgan fingerprint density at radius 1 is 1.13 bits per heavy atom. The zero-order valence-corrected chi connectivity index (χ0v) is 14.5. The molecule has 5 heteroatoms. The van der Waals surface area contributed by atoms with Crippen molar-refractivity contribution in [3.63, 3.8) is 0 Å². The molecule has 0 bridgehead atoms. The minimum absolute atomic E-state index is 0.185. The minimum atomic E-state index is -4.27. The van der Waals surface area contributed by atoms with E-state index in [1.165, 1.54) is 12.1 Å². The highest BCUT2D eigenvalue weighted by molar-refractivity contribution is 5.25. The summed E-state index contributed by atoms with van der Waals surface area (Å²) in [7, 11) is 2.01. The zero-order valence-electron chi connectivity index (χ0n) is 14.5. The van der Waals surface area contributed by atoms with Crippen molar-refractivity contribution in [1.82, 2.24) is 9.80 Å². The fourth-order valence-corrected chi connectivity index (χ4v) is 3.24. The molecule has 23 heavy (non-hydrogen) atoms. The summed E-state index contributed by atoms with van der Waals surface area (Å²) < 4.78 is 38.4. The van der Waals surface area contributed by atoms with E-state index in [-0.39, 0.29) is 5.54 Å². The van der Waals surface area contributed by atoms with E-state index in [0.717, 1.165) is 37.6 Å². The highest BCUT2D eigenvalue weighted by atomic mass is 19.4. The van der Waals surface area contributed by atoms with Crippen molar-refractivity contribution >= 4 is 0 Å². The van der Waals surface area contributed by atoms with Crippen molar-refractivity contribution in [2.45, 2.75) is 57.9 Å². The summed E-state index contributed by atoms with van der Waals surface area (Å²) in [6.45, 7) is 9.31. The van der Waals surface area contributed by atoms with Crippen molar-refractivity contribution in [2.24, 2.45) is 0 Å². The molecule has 0 aromatic heterocycles. The molecule has 2 nitrogen and oxygen atoms in total. The molecule has 0 N–H and O–H groups in total. The molecule has 2 rings (SSSR count). The first kappa shape index (κ1) is 18.3. The van der Waals surface area contributed by atoms with Crippen LogP contribution in [-0.2, 0) is 12.7 Å². The molecule has 0 radical (unpaired) electrons. The number of hydrogen-bond acceptors (Lipinski definition) is 2. The monoisotopic (exact) mass is 328 g/mol. The third-order valence-corrected chi connectivity index (χ3v) is 4.72. The third kappa shape index (κ3) is 4.95. The van der Waals surface area contributed by atoms with Crippen LogP contribution < -0.4 is 0 Å². The van der Waals surface area contributed by atoms with Gasteiger partial charge in [0, 0.05) is 31.2 Å². The van der Waals surface area contributed by atoms with Crippen LogP contribution in [0.3, 0.4) is 0 Å². The van der Waals surface area contributed by atoms with Gasteiger partial charge in [-0.1, -0.05) is 18.2 Å². The highest BCUT2D eigenvalue weighted by Gasteiger charge is 2.31. The molecule has 0 amide bonds. The van der Waals surface area contributed by atoms with Gasteiger partial charge in [0.15, 0.2) is 0 Å². The number of hydrogen-bond donors (Lipinski definition) is 0. The molecular formula is C18H27F3N2. The lowest BCUT2D eigenvalue weighted by atomic mass is 9.97. The lowest BCUT2D eigenvalue weighted by Crippen LogP contribution is -2.50. The maximum atomic E-state index is 12.8. The number of rotatable bonds is 3. The van der Waals surface area contributed by atoms with E-state index in [1.807, 2.05) is 7.05 Å². The van der Waals surface area contributed by atoms with Gasteiger partial charge < -0.3 is 0 Å². The summed E-state index contributed by atoms with van der Waals surface area (Å²) in [4.78, 5) is 4.66. The zero-order chi connectivity index (χ0) is 17.3. The second-order valence-electron chi connectivity index (χ2n) is 7.50. The van der Waals surface area contributed by atoms with Gasteiger partial charge in [-0.05, 0) is 52.3 Å². The molecule has 1 heterocycles. The lowest BCUT2D eigenvalue weighted by Gasteiger charge is -2.43. The van der Waals surface area contributed by atoms with Gasteiger partial charge in [-0.25, -0.2) is 0 Å². The average molecular weight is 328 g/mol. The number of nitrogens with zero attached hydrogens (tertiary/aromatic N) is 2. The van der Waals surface area contributed by atoms with Crippen LogP contribution in [0, 0.1) is 0 Å². The summed E-state index contributed by atoms with van der Waals surface area (Å²) in [6, 6.07) is 6.10. The summed E-state index contributed by atoms with van der Waals surface area (Å²) in [6.07, 6.45) is -2.15. The quantitative estimate of drug-likeness (QED) is 0.811. The third-order valence-electron chi connectivity index (χ3n) is 4.72. The van der Waals surface area contributed by atoms with Crippen LogP contribution in [0.5, 0.6) is 0 Å². The second-order valence-corrected chi connectivity index (χ2v) is 7.50. The first-order valence-electron chi connectivity index (χ1n) is 8.19. The SMILES string of the molecule is CN(Cc1cccc(C(F)(F)F)c1)C1CCN(C(C)(C)C)CC1. The van der Waals surface area contributed by atoms with E-state index < -0.39 is 11.7 Å². The fraction of sp³-hybridized carbons (Fsp3) is 0.667. The Kier molecular flexibility index (Phi) is 5.41. The molecule has 1 aromatic rings. The highest BCUT2D eigenvalue weighted by Crippen LogP contribution is 2.30. The lowest BCUT2D eigenvalue weighted by molar-refractivity contribution is -0.137. The van der Waals surface area contributed by atoms with Gasteiger partial charge >= 0.3 is 6.18 Å². The van der Waals surface area contributed by atoms with Crippen LogP contribution >= 0.6 is 0 Å². The predicted molar refractivity (Wildman–Crippen MR) is 87.3 cm³/mol. The fourth-order valence-electron chi connectivity index (χ4n) is 3.24. The van der Waals surface area contributed by atoms with E-state index in [9.17, 15) is 13.2 Å². The summed E-state index contributed by atoms with van der Waals surface area (Å²) in [5, 5.41) is 0. The van der Waals surface area contributed by atoms with Crippen molar-refractivity contribution in [1.29, 1.82) is 0 Å². The number of halogens is 3. The number of likely N-dealkylation sites (tertiary alicyclic amines) is 1. The topological polar surface area (TPSA) is 6.48 Å². The van der Waals surface area contributed by atoms with Crippen LogP contribution in [0.1, 0.15) is 44.7 Å². The van der Waals surface area contributed by atoms with Crippen LogP contribution in [0.15, 0.2) is 24.3 Å². The molecule has 0 spiro atoms. The molecule has 130 valence electrons. The van der Waals surface area contributed by atoms with Gasteiger partial charge in [-0.3, -0.25) is 9.80 Å². The van der Waals surface area contributed by atoms with Crippen LogP contribution in [0.25, 0.3) is 0 Å². The minimum Gasteiger partial charge on any atom is -0.299 e. The largest absolute Gasteiger partial charge is 0.416 e. The van der Waals surface area contributed by atoms with Gasteiger partial charge in [0.2, 0.25) is 0 Å². The molecule has 1 aromatic carbocycles. The Morgan fingerprint density at radius 3 is 2.26 bits per heavy atom. The standard InChI is InChI=1S/C18H27F3N2/c1-17(2,3)23-10-8-16(9-11-23)22(4)13-14-6-5-7-15(12-14)18(19,20)21/h5-7,12,16H,8-11,13H2,1-4H3. The first-order chi connectivity index (χ1) is 10.6. The van der Waals surface area contributed by atoms with Gasteiger partial charge in [0.1, 0.15) is 0 Å². The van der Waals surface area contributed by atoms with E-state index in [1.54, 1.807) is 6.07 Å². The molecular weight excluding hydrogens is 301 g/mol. The second kappa shape index (κ2) is 6.81. The molecule has 1 saturated heterocycles. The molecule has 1 aliphatic rings. The maximum absolute atomic E-state index is 12.8. The van der Waals surface area contributed by atoms with Gasteiger partial charge in [-0.2, -0.15) is 13.2 Å². The smallest absolute Gasteiger partial charge is 0.299 e. The van der Waals surface area contributed by atoms with Gasteiger partial charge in [0.05, 0.1) is 5.56 Å². The van der Waals surface area contributed by atoms with Crippen molar-refractivity contribution < 1.29 is 13.2 Å². The van der Waals surface area contributed by atoms with E-state index in [4.69, 9.17) is 0 Å². The molecule has 1 fully saturated rings. The normalized spacial score (nSPS) is 18.6. The van der Waals surface area contributed by atoms with E-state index >= 15 is 0 Å². The molecule has 0 aliphatic carbocycles. The van der Waals surface area contributed by atoms with Crippen LogP contribution in [0.2, 0.25) is 0 Å². The molecule has 0 atom stereocenters. The maximum Gasteiger partial charge on any atom is 0.416 e. The van der Waals surface area contributed by atoms with Gasteiger partial charge in [0.25, 0.3) is 0 Å². The van der Waals surface area contributed by atoms with Crippen molar-refractivity contribution in [2.75, 3.05) is 20.1 Å². The van der Waals surface area contributed by atoms with E-state index in [2.05, 4.69) is 30.6 Å². The molecule has 0 saturated carbocycles. The molecule has 1 aliphatic heterocycles. The van der Waals surface area contributed by atoms with Crippen LogP contribution in [0.4, 0.5) is 13.2 Å². The number of alkyl halides is 3. The van der Waals surface area contributed by atoms with Crippen molar-refractivity contribution in [3.8, 4) is 0 Å². The van der Waals surface area contributed by atoms with E-state index in [0.29, 0.717) is 12.6 Å². The molecule has 0 unspecified atom stereocenters. The van der Waals surface area contributed by atoms with Crippen LogP contribution in [-0.4, -0.2) is 41.5 Å². The Hall–Kier alpha value is -1.07. The summed E-state index contributed by atoms with van der Waals surface area (Å²) >= 11 is 0. The predicted octanol–water partition coefficient (Wildman–Crippen LogP) is 4.40. The first-order valence-corrected chi connectivity index (χ1v) is 8.19.